The molecule has 0 heterocycles. The molecule has 6 heteroatoms. The number of benzene rings is 2. The molecular formula is C15H13BrF2N2O. The molecule has 0 saturated heterocycles. The Hall–Kier alpha value is -1.95. The third-order valence-electron chi connectivity index (χ3n) is 2.77. The van der Waals surface area contributed by atoms with Crippen molar-refractivity contribution >= 4 is 33.2 Å². The number of rotatable bonds is 4. The zero-order valence-corrected chi connectivity index (χ0v) is 12.8. The molecule has 0 bridgehead atoms. The van der Waals surface area contributed by atoms with Gasteiger partial charge in [0.1, 0.15) is 11.6 Å². The van der Waals surface area contributed by atoms with Gasteiger partial charge in [-0.05, 0) is 30.3 Å². The Bertz CT molecular complexity index is 677. The van der Waals surface area contributed by atoms with Crippen LogP contribution in [-0.4, -0.2) is 5.91 Å². The number of hydrogen-bond acceptors (Lipinski definition) is 2. The molecule has 0 unspecified atom stereocenters. The molecule has 0 spiro atoms. The maximum absolute atomic E-state index is 13.7. The number of anilines is 2. The van der Waals surface area contributed by atoms with Crippen molar-refractivity contribution < 1.29 is 13.6 Å². The van der Waals surface area contributed by atoms with Crippen LogP contribution in [0.2, 0.25) is 0 Å². The van der Waals surface area contributed by atoms with Crippen molar-refractivity contribution in [2.45, 2.75) is 13.5 Å². The van der Waals surface area contributed by atoms with Crippen LogP contribution in [0.15, 0.2) is 40.9 Å². The highest BCUT2D eigenvalue weighted by Crippen LogP contribution is 2.21. The summed E-state index contributed by atoms with van der Waals surface area (Å²) in [4.78, 5) is 11.0. The summed E-state index contributed by atoms with van der Waals surface area (Å²) < 4.78 is 28.0. The fourth-order valence-corrected chi connectivity index (χ4v) is 2.13. The molecule has 0 fully saturated rings. The third kappa shape index (κ3) is 4.26. The van der Waals surface area contributed by atoms with Crippen molar-refractivity contribution in [1.82, 2.24) is 0 Å². The van der Waals surface area contributed by atoms with Gasteiger partial charge in [0.2, 0.25) is 5.91 Å². The monoisotopic (exact) mass is 354 g/mol. The quantitative estimate of drug-likeness (QED) is 0.859. The van der Waals surface area contributed by atoms with Gasteiger partial charge in [0.15, 0.2) is 0 Å². The second-order valence-corrected chi connectivity index (χ2v) is 5.38. The second kappa shape index (κ2) is 6.67. The van der Waals surface area contributed by atoms with Crippen molar-refractivity contribution in [3.05, 3.63) is 58.1 Å². The molecule has 110 valence electrons. The van der Waals surface area contributed by atoms with Gasteiger partial charge in [-0.15, -0.1) is 0 Å². The van der Waals surface area contributed by atoms with Crippen LogP contribution in [0.1, 0.15) is 12.5 Å². The molecule has 2 N–H and O–H groups in total. The van der Waals surface area contributed by atoms with E-state index in [4.69, 9.17) is 0 Å². The molecule has 2 rings (SSSR count). The van der Waals surface area contributed by atoms with Crippen LogP contribution in [0.25, 0.3) is 0 Å². The number of nitrogens with one attached hydrogen (secondary N) is 2. The predicted molar refractivity (Wildman–Crippen MR) is 82.1 cm³/mol. The van der Waals surface area contributed by atoms with Crippen molar-refractivity contribution in [2.75, 3.05) is 10.6 Å². The molecule has 2 aromatic carbocycles. The lowest BCUT2D eigenvalue weighted by atomic mass is 10.2. The van der Waals surface area contributed by atoms with Gasteiger partial charge in [-0.3, -0.25) is 4.79 Å². The summed E-state index contributed by atoms with van der Waals surface area (Å²) in [6.07, 6.45) is 0. The van der Waals surface area contributed by atoms with E-state index < -0.39 is 5.82 Å². The molecular weight excluding hydrogens is 342 g/mol. The molecule has 0 aromatic heterocycles. The highest BCUT2D eigenvalue weighted by Gasteiger charge is 2.07. The summed E-state index contributed by atoms with van der Waals surface area (Å²) in [6.45, 7) is 1.51. The summed E-state index contributed by atoms with van der Waals surface area (Å²) in [5, 5.41) is 5.39. The Morgan fingerprint density at radius 3 is 2.57 bits per heavy atom. The molecule has 0 aliphatic carbocycles. The fraction of sp³-hybridized carbons (Fsp3) is 0.133. The molecule has 0 radical (unpaired) electrons. The average Bonchev–Trinajstić information content (AvgIpc) is 2.40. The van der Waals surface area contributed by atoms with Crippen molar-refractivity contribution in [3.63, 3.8) is 0 Å². The van der Waals surface area contributed by atoms with E-state index in [-0.39, 0.29) is 24.0 Å². The van der Waals surface area contributed by atoms with Crippen molar-refractivity contribution in [1.29, 1.82) is 0 Å². The minimum atomic E-state index is -0.471. The van der Waals surface area contributed by atoms with E-state index in [2.05, 4.69) is 26.6 Å². The maximum atomic E-state index is 13.7. The molecule has 0 saturated carbocycles. The number of carbonyl (C=O) groups is 1. The van der Waals surface area contributed by atoms with E-state index in [1.165, 1.54) is 31.2 Å². The van der Waals surface area contributed by atoms with Crippen LogP contribution in [0.4, 0.5) is 20.2 Å². The van der Waals surface area contributed by atoms with Gasteiger partial charge in [-0.25, -0.2) is 8.78 Å². The van der Waals surface area contributed by atoms with Crippen molar-refractivity contribution in [3.8, 4) is 0 Å². The Labute approximate surface area is 129 Å². The van der Waals surface area contributed by atoms with E-state index in [0.29, 0.717) is 15.7 Å². The molecule has 3 nitrogen and oxygen atoms in total. The summed E-state index contributed by atoms with van der Waals surface area (Å²) in [5.74, 6) is -1.09. The highest BCUT2D eigenvalue weighted by molar-refractivity contribution is 9.10. The van der Waals surface area contributed by atoms with Crippen LogP contribution < -0.4 is 10.6 Å². The minimum absolute atomic E-state index is 0.138. The van der Waals surface area contributed by atoms with Gasteiger partial charge < -0.3 is 10.6 Å². The maximum Gasteiger partial charge on any atom is 0.221 e. The molecule has 2 aromatic rings. The third-order valence-corrected chi connectivity index (χ3v) is 3.26. The SMILES string of the molecule is CC(=O)Nc1ccc(F)c(NCc2ccc(Br)cc2F)c1. The van der Waals surface area contributed by atoms with E-state index >= 15 is 0 Å². The van der Waals surface area contributed by atoms with Crippen molar-refractivity contribution in [2.24, 2.45) is 0 Å². The lowest BCUT2D eigenvalue weighted by Gasteiger charge is -2.11. The zero-order chi connectivity index (χ0) is 15.4. The Morgan fingerprint density at radius 1 is 1.14 bits per heavy atom. The fourth-order valence-electron chi connectivity index (χ4n) is 1.80. The summed E-state index contributed by atoms with van der Waals surface area (Å²) in [7, 11) is 0. The average molecular weight is 355 g/mol. The molecule has 0 atom stereocenters. The first-order chi connectivity index (χ1) is 9.95. The van der Waals surface area contributed by atoms with E-state index in [9.17, 15) is 13.6 Å². The molecule has 0 aliphatic rings. The van der Waals surface area contributed by atoms with E-state index in [1.54, 1.807) is 12.1 Å². The summed E-state index contributed by atoms with van der Waals surface area (Å²) >= 11 is 3.18. The van der Waals surface area contributed by atoms with Gasteiger partial charge >= 0.3 is 0 Å². The van der Waals surface area contributed by atoms with Gasteiger partial charge in [-0.1, -0.05) is 22.0 Å². The number of carbonyl (C=O) groups excluding carboxylic acids is 1. The number of hydrogen-bond donors (Lipinski definition) is 2. The number of amides is 1. The van der Waals surface area contributed by atoms with Crippen LogP contribution in [0, 0.1) is 11.6 Å². The van der Waals surface area contributed by atoms with E-state index in [1.807, 2.05) is 0 Å². The summed E-state index contributed by atoms with van der Waals surface area (Å²) in [6, 6.07) is 8.84. The lowest BCUT2D eigenvalue weighted by molar-refractivity contribution is -0.114. The second-order valence-electron chi connectivity index (χ2n) is 4.47. The highest BCUT2D eigenvalue weighted by atomic mass is 79.9. The first-order valence-electron chi connectivity index (χ1n) is 6.20. The Kier molecular flexibility index (Phi) is 4.90. The zero-order valence-electron chi connectivity index (χ0n) is 11.2. The molecule has 1 amide bonds. The van der Waals surface area contributed by atoms with Gasteiger partial charge in [0.25, 0.3) is 0 Å². The van der Waals surface area contributed by atoms with Crippen LogP contribution in [0.3, 0.4) is 0 Å². The molecule has 21 heavy (non-hydrogen) atoms. The van der Waals surface area contributed by atoms with Crippen LogP contribution in [-0.2, 0) is 11.3 Å². The predicted octanol–water partition coefficient (Wildman–Crippen LogP) is 4.30. The minimum Gasteiger partial charge on any atom is -0.378 e. The molecule has 0 aliphatic heterocycles. The largest absolute Gasteiger partial charge is 0.378 e. The first-order valence-corrected chi connectivity index (χ1v) is 7.00. The normalized spacial score (nSPS) is 10.3. The summed E-state index contributed by atoms with van der Waals surface area (Å²) in [5.41, 5.74) is 1.09. The standard InChI is InChI=1S/C15H13BrF2N2O/c1-9(21)20-12-4-5-13(17)15(7-12)19-8-10-2-3-11(16)6-14(10)18/h2-7,19H,8H2,1H3,(H,20,21). The topological polar surface area (TPSA) is 41.1 Å². The van der Waals surface area contributed by atoms with E-state index in [0.717, 1.165) is 0 Å². The van der Waals surface area contributed by atoms with Gasteiger partial charge in [0, 0.05) is 29.2 Å². The Balaban J connectivity index is 2.13. The Morgan fingerprint density at radius 2 is 1.90 bits per heavy atom. The van der Waals surface area contributed by atoms with Crippen LogP contribution >= 0.6 is 15.9 Å². The van der Waals surface area contributed by atoms with Gasteiger partial charge in [-0.2, -0.15) is 0 Å². The van der Waals surface area contributed by atoms with Crippen LogP contribution in [0.5, 0.6) is 0 Å². The first kappa shape index (κ1) is 15.4. The van der Waals surface area contributed by atoms with Gasteiger partial charge in [0.05, 0.1) is 5.69 Å². The lowest BCUT2D eigenvalue weighted by Crippen LogP contribution is -2.08. The number of halogens is 3. The smallest absolute Gasteiger partial charge is 0.221 e.